The molecule has 0 aliphatic carbocycles. The van der Waals surface area contributed by atoms with E-state index in [4.69, 9.17) is 0 Å². The lowest BCUT2D eigenvalue weighted by atomic mass is 10.0. The van der Waals surface area contributed by atoms with Crippen molar-refractivity contribution in [1.82, 2.24) is 20.2 Å². The normalized spacial score (nSPS) is 18.0. The summed E-state index contributed by atoms with van der Waals surface area (Å²) in [6.45, 7) is 3.96. The summed E-state index contributed by atoms with van der Waals surface area (Å²) in [7, 11) is 0. The summed E-state index contributed by atoms with van der Waals surface area (Å²) in [5, 5.41) is 3.22. The lowest BCUT2D eigenvalue weighted by molar-refractivity contribution is -0.126. The highest BCUT2D eigenvalue weighted by atomic mass is 32.2. The quantitative estimate of drug-likeness (QED) is 0.844. The molecular formula is C18H24N4OS. The number of H-pyrrole nitrogens is 1. The van der Waals surface area contributed by atoms with Crippen molar-refractivity contribution in [3.05, 3.63) is 54.1 Å². The van der Waals surface area contributed by atoms with Crippen molar-refractivity contribution >= 4 is 17.7 Å². The van der Waals surface area contributed by atoms with E-state index in [0.29, 0.717) is 6.42 Å². The maximum atomic E-state index is 12.8. The highest BCUT2D eigenvalue weighted by Gasteiger charge is 2.25. The molecule has 1 aliphatic rings. The van der Waals surface area contributed by atoms with Gasteiger partial charge in [-0.05, 0) is 12.5 Å². The number of thioether (sulfide) groups is 1. The predicted molar refractivity (Wildman–Crippen MR) is 98.0 cm³/mol. The molecule has 2 heterocycles. The van der Waals surface area contributed by atoms with Gasteiger partial charge in [0.15, 0.2) is 0 Å². The van der Waals surface area contributed by atoms with Crippen LogP contribution in [0.15, 0.2) is 42.7 Å². The van der Waals surface area contributed by atoms with E-state index in [1.54, 1.807) is 6.20 Å². The summed E-state index contributed by atoms with van der Waals surface area (Å²) >= 11 is 1.96. The lowest BCUT2D eigenvalue weighted by Crippen LogP contribution is -2.49. The summed E-state index contributed by atoms with van der Waals surface area (Å²) in [6.07, 6.45) is 4.21. The number of nitrogens with one attached hydrogen (secondary N) is 2. The molecule has 3 rings (SSSR count). The van der Waals surface area contributed by atoms with E-state index in [-0.39, 0.29) is 18.0 Å². The zero-order valence-electron chi connectivity index (χ0n) is 13.9. The second-order valence-electron chi connectivity index (χ2n) is 6.04. The van der Waals surface area contributed by atoms with E-state index in [2.05, 4.69) is 32.3 Å². The van der Waals surface area contributed by atoms with E-state index in [0.717, 1.165) is 36.0 Å². The van der Waals surface area contributed by atoms with Gasteiger partial charge in [0.25, 0.3) is 0 Å². The number of carbonyl (C=O) groups excluding carboxylic acids is 1. The number of nitrogens with zero attached hydrogens (tertiary/aromatic N) is 2. The van der Waals surface area contributed by atoms with E-state index in [9.17, 15) is 4.79 Å². The molecule has 6 heteroatoms. The molecule has 2 atom stereocenters. The van der Waals surface area contributed by atoms with Crippen LogP contribution in [0.2, 0.25) is 0 Å². The summed E-state index contributed by atoms with van der Waals surface area (Å²) in [5.74, 6) is 3.17. The Kier molecular flexibility index (Phi) is 5.93. The van der Waals surface area contributed by atoms with Crippen molar-refractivity contribution in [2.45, 2.75) is 25.4 Å². The average Bonchev–Trinajstić information content (AvgIpc) is 3.15. The zero-order chi connectivity index (χ0) is 16.8. The Morgan fingerprint density at radius 1 is 1.33 bits per heavy atom. The van der Waals surface area contributed by atoms with E-state index < -0.39 is 0 Å². The largest absolute Gasteiger partial charge is 0.349 e. The van der Waals surface area contributed by atoms with Crippen molar-refractivity contribution in [3.8, 4) is 0 Å². The molecule has 1 aromatic heterocycles. The van der Waals surface area contributed by atoms with Gasteiger partial charge >= 0.3 is 0 Å². The molecule has 2 N–H and O–H groups in total. The van der Waals surface area contributed by atoms with Crippen LogP contribution >= 0.6 is 11.8 Å². The maximum absolute atomic E-state index is 12.8. The van der Waals surface area contributed by atoms with Gasteiger partial charge < -0.3 is 10.3 Å². The van der Waals surface area contributed by atoms with Gasteiger partial charge in [-0.2, -0.15) is 11.8 Å². The molecule has 1 saturated heterocycles. The molecule has 0 radical (unpaired) electrons. The minimum absolute atomic E-state index is 0.0773. The van der Waals surface area contributed by atoms with Gasteiger partial charge in [0, 0.05) is 43.4 Å². The number of imidazole rings is 1. The third-order valence-electron chi connectivity index (χ3n) is 4.44. The SMILES string of the molecule is CC(C(=O)NC(Cc1ncc[nH]1)c1ccccc1)N1CCSCC1. The van der Waals surface area contributed by atoms with Crippen LogP contribution < -0.4 is 5.32 Å². The molecule has 2 unspecified atom stereocenters. The van der Waals surface area contributed by atoms with Crippen molar-refractivity contribution in [2.24, 2.45) is 0 Å². The summed E-state index contributed by atoms with van der Waals surface area (Å²) < 4.78 is 0. The summed E-state index contributed by atoms with van der Waals surface area (Å²) in [4.78, 5) is 22.5. The monoisotopic (exact) mass is 344 g/mol. The molecule has 1 fully saturated rings. The molecule has 0 spiro atoms. The zero-order valence-corrected chi connectivity index (χ0v) is 14.8. The first-order chi connectivity index (χ1) is 11.7. The van der Waals surface area contributed by atoms with Crippen molar-refractivity contribution < 1.29 is 4.79 Å². The third-order valence-corrected chi connectivity index (χ3v) is 5.39. The number of rotatable bonds is 6. The number of benzene rings is 1. The van der Waals surface area contributed by atoms with Gasteiger partial charge in [-0.3, -0.25) is 9.69 Å². The number of hydrogen-bond acceptors (Lipinski definition) is 4. The fourth-order valence-corrected chi connectivity index (χ4v) is 3.89. The first-order valence-corrected chi connectivity index (χ1v) is 9.55. The van der Waals surface area contributed by atoms with Crippen LogP contribution in [0.25, 0.3) is 0 Å². The second-order valence-corrected chi connectivity index (χ2v) is 7.26. The summed E-state index contributed by atoms with van der Waals surface area (Å²) in [6, 6.07) is 9.92. The number of aromatic amines is 1. The van der Waals surface area contributed by atoms with E-state index in [1.807, 2.05) is 43.1 Å². The Labute approximate surface area is 147 Å². The topological polar surface area (TPSA) is 61.0 Å². The molecule has 2 aromatic rings. The summed E-state index contributed by atoms with van der Waals surface area (Å²) in [5.41, 5.74) is 1.10. The Morgan fingerprint density at radius 3 is 2.75 bits per heavy atom. The number of hydrogen-bond donors (Lipinski definition) is 2. The van der Waals surface area contributed by atoms with Gasteiger partial charge in [-0.1, -0.05) is 30.3 Å². The second kappa shape index (κ2) is 8.35. The highest BCUT2D eigenvalue weighted by Crippen LogP contribution is 2.18. The van der Waals surface area contributed by atoms with Crippen molar-refractivity contribution in [1.29, 1.82) is 0 Å². The van der Waals surface area contributed by atoms with Crippen LogP contribution in [0.4, 0.5) is 0 Å². The Hall–Kier alpha value is -1.79. The average molecular weight is 344 g/mol. The molecule has 0 saturated carbocycles. The molecule has 1 amide bonds. The first kappa shape index (κ1) is 17.0. The Balaban J connectivity index is 1.69. The van der Waals surface area contributed by atoms with Gasteiger partial charge in [0.05, 0.1) is 12.1 Å². The smallest absolute Gasteiger partial charge is 0.237 e. The van der Waals surface area contributed by atoms with Crippen LogP contribution in [-0.4, -0.2) is 51.4 Å². The molecule has 0 bridgehead atoms. The molecule has 5 nitrogen and oxygen atoms in total. The molecule has 1 aliphatic heterocycles. The fourth-order valence-electron chi connectivity index (χ4n) is 2.96. The van der Waals surface area contributed by atoms with Gasteiger partial charge in [0.2, 0.25) is 5.91 Å². The van der Waals surface area contributed by atoms with Crippen LogP contribution in [0, 0.1) is 0 Å². The van der Waals surface area contributed by atoms with Crippen LogP contribution in [0.1, 0.15) is 24.4 Å². The van der Waals surface area contributed by atoms with Gasteiger partial charge in [-0.15, -0.1) is 0 Å². The minimum atomic E-state index is -0.103. The number of amides is 1. The Morgan fingerprint density at radius 2 is 2.08 bits per heavy atom. The van der Waals surface area contributed by atoms with E-state index >= 15 is 0 Å². The predicted octanol–water partition coefficient (Wildman–Crippen LogP) is 2.25. The fraction of sp³-hybridized carbons (Fsp3) is 0.444. The maximum Gasteiger partial charge on any atom is 0.237 e. The molecule has 24 heavy (non-hydrogen) atoms. The van der Waals surface area contributed by atoms with Gasteiger partial charge in [0.1, 0.15) is 5.82 Å². The van der Waals surface area contributed by atoms with Crippen molar-refractivity contribution in [2.75, 3.05) is 24.6 Å². The minimum Gasteiger partial charge on any atom is -0.349 e. The van der Waals surface area contributed by atoms with Crippen LogP contribution in [0.5, 0.6) is 0 Å². The standard InChI is InChI=1S/C18H24N4OS/c1-14(22-9-11-24-12-10-22)18(23)21-16(13-17-19-7-8-20-17)15-5-3-2-4-6-15/h2-8,14,16H,9-13H2,1H3,(H,19,20)(H,21,23). The van der Waals surface area contributed by atoms with E-state index in [1.165, 1.54) is 0 Å². The lowest BCUT2D eigenvalue weighted by Gasteiger charge is -2.32. The molecule has 128 valence electrons. The van der Waals surface area contributed by atoms with Crippen molar-refractivity contribution in [3.63, 3.8) is 0 Å². The number of aromatic nitrogens is 2. The number of carbonyl (C=O) groups is 1. The van der Waals surface area contributed by atoms with Crippen LogP contribution in [-0.2, 0) is 11.2 Å². The molecular weight excluding hydrogens is 320 g/mol. The Bertz CT molecular complexity index is 626. The third kappa shape index (κ3) is 4.39. The first-order valence-electron chi connectivity index (χ1n) is 8.39. The van der Waals surface area contributed by atoms with Crippen LogP contribution in [0.3, 0.4) is 0 Å². The molecule has 1 aromatic carbocycles. The highest BCUT2D eigenvalue weighted by molar-refractivity contribution is 7.99. The van der Waals surface area contributed by atoms with Gasteiger partial charge in [-0.25, -0.2) is 4.98 Å².